The Hall–Kier alpha value is -1.22. The molecule has 0 amide bonds. The number of hydrogen-bond donors (Lipinski definition) is 2. The van der Waals surface area contributed by atoms with Crippen molar-refractivity contribution < 1.29 is 9.84 Å². The van der Waals surface area contributed by atoms with Gasteiger partial charge in [0.2, 0.25) is 0 Å². The molecule has 1 aromatic carbocycles. The van der Waals surface area contributed by atoms with Crippen molar-refractivity contribution in [3.63, 3.8) is 0 Å². The van der Waals surface area contributed by atoms with Gasteiger partial charge in [0.25, 0.3) is 0 Å². The number of aliphatic hydroxyl groups is 1. The molecule has 2 aliphatic rings. The van der Waals surface area contributed by atoms with Crippen LogP contribution in [0.1, 0.15) is 37.3 Å². The van der Waals surface area contributed by atoms with Crippen LogP contribution >= 0.6 is 0 Å². The van der Waals surface area contributed by atoms with Crippen LogP contribution in [0.3, 0.4) is 0 Å². The summed E-state index contributed by atoms with van der Waals surface area (Å²) in [5.74, 6) is 1.80. The van der Waals surface area contributed by atoms with Crippen molar-refractivity contribution in [2.45, 2.75) is 38.2 Å². The second kappa shape index (κ2) is 3.39. The molecule has 2 unspecified atom stereocenters. The van der Waals surface area contributed by atoms with Crippen molar-refractivity contribution in [2.24, 2.45) is 5.92 Å². The summed E-state index contributed by atoms with van der Waals surface area (Å²) in [6.07, 6.45) is 1.96. The van der Waals surface area contributed by atoms with Gasteiger partial charge in [0.05, 0.1) is 0 Å². The zero-order valence-corrected chi connectivity index (χ0v) is 10.4. The van der Waals surface area contributed by atoms with E-state index in [9.17, 15) is 0 Å². The third-order valence-corrected chi connectivity index (χ3v) is 3.83. The van der Waals surface area contributed by atoms with Crippen molar-refractivity contribution in [1.29, 1.82) is 0 Å². The molecule has 3 nitrogen and oxygen atoms in total. The van der Waals surface area contributed by atoms with E-state index in [2.05, 4.69) is 19.9 Å². The number of rotatable bonds is 2. The maximum absolute atomic E-state index is 9.13. The third-order valence-electron chi connectivity index (χ3n) is 3.83. The van der Waals surface area contributed by atoms with Gasteiger partial charge in [-0.15, -0.1) is 0 Å². The van der Waals surface area contributed by atoms with Crippen molar-refractivity contribution >= 4 is 5.69 Å². The van der Waals surface area contributed by atoms with Crippen molar-refractivity contribution in [3.05, 3.63) is 23.3 Å². The number of benzene rings is 1. The van der Waals surface area contributed by atoms with Crippen LogP contribution in [-0.2, 0) is 6.42 Å². The molecule has 0 bridgehead atoms. The summed E-state index contributed by atoms with van der Waals surface area (Å²) in [7, 11) is 0. The summed E-state index contributed by atoms with van der Waals surface area (Å²) in [6.45, 7) is 4.45. The van der Waals surface area contributed by atoms with E-state index >= 15 is 0 Å². The first-order valence-electron chi connectivity index (χ1n) is 6.22. The van der Waals surface area contributed by atoms with Crippen LogP contribution in [0, 0.1) is 5.92 Å². The number of hydrogen-bond acceptors (Lipinski definition) is 3. The number of aliphatic hydroxyl groups excluding tert-OH is 1. The second-order valence-electron chi connectivity index (χ2n) is 5.91. The minimum Gasteiger partial charge on any atom is -0.487 e. The molecule has 3 heteroatoms. The summed E-state index contributed by atoms with van der Waals surface area (Å²) < 4.78 is 5.92. The van der Waals surface area contributed by atoms with Gasteiger partial charge >= 0.3 is 0 Å². The lowest BCUT2D eigenvalue weighted by molar-refractivity contribution is 0.138. The fourth-order valence-corrected chi connectivity index (χ4v) is 2.84. The minimum absolute atomic E-state index is 0.118. The number of fused-ring (bicyclic) bond motifs is 1. The first-order chi connectivity index (χ1) is 8.00. The lowest BCUT2D eigenvalue weighted by Crippen LogP contribution is -2.24. The number of nitrogens with two attached hydrogens (primary N) is 1. The number of anilines is 1. The monoisotopic (exact) mass is 233 g/mol. The topological polar surface area (TPSA) is 55.5 Å². The molecule has 1 fully saturated rings. The highest BCUT2D eigenvalue weighted by atomic mass is 16.5. The Kier molecular flexibility index (Phi) is 2.17. The van der Waals surface area contributed by atoms with E-state index in [1.807, 2.05) is 6.07 Å². The van der Waals surface area contributed by atoms with Crippen molar-refractivity contribution in [1.82, 2.24) is 0 Å². The highest BCUT2D eigenvalue weighted by molar-refractivity contribution is 5.59. The van der Waals surface area contributed by atoms with E-state index in [-0.39, 0.29) is 12.2 Å². The zero-order chi connectivity index (χ0) is 12.2. The van der Waals surface area contributed by atoms with Crippen LogP contribution in [0.2, 0.25) is 0 Å². The standard InChI is InChI=1S/C14H19NO2/c1-14(2)6-8-4-12(15)11(5-13(8)17-14)10-3-9(10)7-16/h4-5,9-10,16H,3,6-7,15H2,1-2H3. The molecular formula is C14H19NO2. The van der Waals surface area contributed by atoms with Crippen LogP contribution < -0.4 is 10.5 Å². The Morgan fingerprint density at radius 3 is 2.88 bits per heavy atom. The molecule has 0 spiro atoms. The van der Waals surface area contributed by atoms with Gasteiger partial charge in [-0.25, -0.2) is 0 Å². The normalized spacial score (nSPS) is 28.6. The van der Waals surface area contributed by atoms with E-state index in [1.54, 1.807) is 0 Å². The first kappa shape index (κ1) is 10.9. The van der Waals surface area contributed by atoms with E-state index < -0.39 is 0 Å². The van der Waals surface area contributed by atoms with Crippen LogP contribution in [-0.4, -0.2) is 17.3 Å². The Balaban J connectivity index is 1.94. The molecule has 3 N–H and O–H groups in total. The molecule has 1 saturated carbocycles. The van der Waals surface area contributed by atoms with Gasteiger partial charge in [-0.2, -0.15) is 0 Å². The summed E-state index contributed by atoms with van der Waals surface area (Å²) in [6, 6.07) is 4.13. The van der Waals surface area contributed by atoms with Crippen LogP contribution in [0.25, 0.3) is 0 Å². The van der Waals surface area contributed by atoms with Crippen molar-refractivity contribution in [2.75, 3.05) is 12.3 Å². The lowest BCUT2D eigenvalue weighted by Gasteiger charge is -2.17. The van der Waals surface area contributed by atoms with Crippen LogP contribution in [0.5, 0.6) is 5.75 Å². The van der Waals surface area contributed by atoms with Gasteiger partial charge in [-0.05, 0) is 49.8 Å². The Labute approximate surface area is 102 Å². The number of nitrogen functional groups attached to an aromatic ring is 1. The Morgan fingerprint density at radius 1 is 1.47 bits per heavy atom. The smallest absolute Gasteiger partial charge is 0.123 e. The minimum atomic E-state index is -0.118. The van der Waals surface area contributed by atoms with Gasteiger partial charge in [0.15, 0.2) is 0 Å². The summed E-state index contributed by atoms with van der Waals surface area (Å²) in [5.41, 5.74) is 9.20. The van der Waals surface area contributed by atoms with Crippen LogP contribution in [0.15, 0.2) is 12.1 Å². The maximum atomic E-state index is 9.13. The lowest BCUT2D eigenvalue weighted by atomic mass is 9.98. The third kappa shape index (κ3) is 1.78. The molecular weight excluding hydrogens is 214 g/mol. The van der Waals surface area contributed by atoms with E-state index in [1.165, 1.54) is 5.56 Å². The molecule has 17 heavy (non-hydrogen) atoms. The fraction of sp³-hybridized carbons (Fsp3) is 0.571. The quantitative estimate of drug-likeness (QED) is 0.769. The van der Waals surface area contributed by atoms with Crippen molar-refractivity contribution in [3.8, 4) is 5.75 Å². The molecule has 3 rings (SSSR count). The SMILES string of the molecule is CC1(C)Cc2cc(N)c(C3CC3CO)cc2O1. The summed E-state index contributed by atoms with van der Waals surface area (Å²) in [5, 5.41) is 9.13. The molecule has 2 atom stereocenters. The summed E-state index contributed by atoms with van der Waals surface area (Å²) >= 11 is 0. The number of ether oxygens (including phenoxy) is 1. The zero-order valence-electron chi connectivity index (χ0n) is 10.4. The molecule has 1 heterocycles. The fourth-order valence-electron chi connectivity index (χ4n) is 2.84. The predicted octanol–water partition coefficient (Wildman–Crippen LogP) is 2.08. The average molecular weight is 233 g/mol. The summed E-state index contributed by atoms with van der Waals surface area (Å²) in [4.78, 5) is 0. The highest BCUT2D eigenvalue weighted by Gasteiger charge is 2.40. The molecule has 0 saturated heterocycles. The second-order valence-corrected chi connectivity index (χ2v) is 5.91. The van der Waals surface area contributed by atoms with Gasteiger partial charge in [-0.3, -0.25) is 0 Å². The maximum Gasteiger partial charge on any atom is 0.123 e. The Bertz CT molecular complexity index is 468. The molecule has 1 aliphatic carbocycles. The molecule has 92 valence electrons. The molecule has 1 aromatic rings. The van der Waals surface area contributed by atoms with E-state index in [0.29, 0.717) is 11.8 Å². The average Bonchev–Trinajstić information content (AvgIpc) is 2.94. The van der Waals surface area contributed by atoms with Gasteiger partial charge in [-0.1, -0.05) is 0 Å². The predicted molar refractivity (Wildman–Crippen MR) is 67.2 cm³/mol. The van der Waals surface area contributed by atoms with Crippen LogP contribution in [0.4, 0.5) is 5.69 Å². The van der Waals surface area contributed by atoms with Gasteiger partial charge < -0.3 is 15.6 Å². The van der Waals surface area contributed by atoms with E-state index in [4.69, 9.17) is 15.6 Å². The largest absolute Gasteiger partial charge is 0.487 e. The Morgan fingerprint density at radius 2 is 2.24 bits per heavy atom. The molecule has 1 aliphatic heterocycles. The first-order valence-corrected chi connectivity index (χ1v) is 6.22. The molecule has 0 aromatic heterocycles. The highest BCUT2D eigenvalue weighted by Crippen LogP contribution is 2.51. The van der Waals surface area contributed by atoms with Gasteiger partial charge in [0.1, 0.15) is 11.4 Å². The van der Waals surface area contributed by atoms with E-state index in [0.717, 1.165) is 29.8 Å². The molecule has 0 radical (unpaired) electrons. The van der Waals surface area contributed by atoms with Gasteiger partial charge in [0, 0.05) is 24.3 Å².